The molecule has 1 aliphatic rings. The Kier molecular flexibility index (Phi) is 4.23. The second kappa shape index (κ2) is 6.48. The minimum Gasteiger partial charge on any atom is -0.454 e. The van der Waals surface area contributed by atoms with Gasteiger partial charge in [-0.25, -0.2) is 0 Å². The molecular formula is C17H15NO5. The molecule has 118 valence electrons. The second-order valence-corrected chi connectivity index (χ2v) is 5.32. The number of nitrogens with zero attached hydrogens (tertiary/aromatic N) is 1. The maximum absolute atomic E-state index is 12.4. The first-order chi connectivity index (χ1) is 11.1. The van der Waals surface area contributed by atoms with E-state index < -0.39 is 10.8 Å². The van der Waals surface area contributed by atoms with Gasteiger partial charge in [-0.15, -0.1) is 0 Å². The summed E-state index contributed by atoms with van der Waals surface area (Å²) in [6.07, 6.45) is 0.0740. The van der Waals surface area contributed by atoms with Crippen LogP contribution in [0.15, 0.2) is 48.5 Å². The maximum Gasteiger partial charge on any atom is 0.231 e. The van der Waals surface area contributed by atoms with Gasteiger partial charge in [-0.05, 0) is 17.7 Å². The van der Waals surface area contributed by atoms with Crippen molar-refractivity contribution in [2.75, 3.05) is 13.3 Å². The number of ketones is 1. The van der Waals surface area contributed by atoms with Gasteiger partial charge in [0.05, 0.1) is 5.92 Å². The zero-order chi connectivity index (χ0) is 16.2. The highest BCUT2D eigenvalue weighted by molar-refractivity contribution is 5.96. The van der Waals surface area contributed by atoms with Crippen molar-refractivity contribution in [3.05, 3.63) is 69.8 Å². The van der Waals surface area contributed by atoms with Gasteiger partial charge in [0, 0.05) is 16.9 Å². The Balaban J connectivity index is 1.83. The fourth-order valence-corrected chi connectivity index (χ4v) is 2.60. The minimum absolute atomic E-state index is 0.0740. The Labute approximate surface area is 132 Å². The first-order valence-electron chi connectivity index (χ1n) is 7.23. The van der Waals surface area contributed by atoms with Crippen LogP contribution in [0.1, 0.15) is 28.3 Å². The molecule has 2 aromatic rings. The molecule has 0 aromatic heterocycles. The lowest BCUT2D eigenvalue weighted by Gasteiger charge is -2.13. The van der Waals surface area contributed by atoms with Crippen LogP contribution < -0.4 is 9.47 Å². The first kappa shape index (κ1) is 15.0. The van der Waals surface area contributed by atoms with E-state index in [4.69, 9.17) is 9.47 Å². The number of carbonyl (C=O) groups is 1. The van der Waals surface area contributed by atoms with Crippen LogP contribution in [0.3, 0.4) is 0 Å². The number of fused-ring (bicyclic) bond motifs is 1. The summed E-state index contributed by atoms with van der Waals surface area (Å²) in [4.78, 5) is 22.9. The van der Waals surface area contributed by atoms with E-state index in [0.29, 0.717) is 22.6 Å². The summed E-state index contributed by atoms with van der Waals surface area (Å²) in [5.74, 6) is 0.549. The SMILES string of the molecule is O=C(C[C@@H](C[N+](=O)[O-])c1ccc2c(c1)OCO2)c1ccccc1. The molecule has 0 saturated heterocycles. The van der Waals surface area contributed by atoms with E-state index in [1.165, 1.54) is 0 Å². The van der Waals surface area contributed by atoms with E-state index in [2.05, 4.69) is 0 Å². The number of ether oxygens (including phenoxy) is 2. The number of rotatable bonds is 6. The highest BCUT2D eigenvalue weighted by Crippen LogP contribution is 2.35. The Hall–Kier alpha value is -2.89. The van der Waals surface area contributed by atoms with Gasteiger partial charge in [-0.3, -0.25) is 14.9 Å². The lowest BCUT2D eigenvalue weighted by molar-refractivity contribution is -0.483. The van der Waals surface area contributed by atoms with E-state index >= 15 is 0 Å². The zero-order valence-corrected chi connectivity index (χ0v) is 12.3. The Bertz CT molecular complexity index is 729. The molecule has 0 bridgehead atoms. The molecule has 1 atom stereocenters. The number of nitro groups is 1. The van der Waals surface area contributed by atoms with Crippen LogP contribution in [-0.4, -0.2) is 24.0 Å². The van der Waals surface area contributed by atoms with E-state index in [-0.39, 0.29) is 25.5 Å². The molecule has 1 heterocycles. The van der Waals surface area contributed by atoms with Crippen LogP contribution in [0.4, 0.5) is 0 Å². The molecule has 6 heteroatoms. The number of hydrogen-bond acceptors (Lipinski definition) is 5. The summed E-state index contributed by atoms with van der Waals surface area (Å²) in [6.45, 7) is -0.167. The van der Waals surface area contributed by atoms with Crippen molar-refractivity contribution in [1.29, 1.82) is 0 Å². The van der Waals surface area contributed by atoms with Gasteiger partial charge in [0.25, 0.3) is 0 Å². The molecular weight excluding hydrogens is 298 g/mol. The Morgan fingerprint density at radius 1 is 1.13 bits per heavy atom. The van der Waals surface area contributed by atoms with Crippen LogP contribution in [-0.2, 0) is 0 Å². The molecule has 23 heavy (non-hydrogen) atoms. The zero-order valence-electron chi connectivity index (χ0n) is 12.3. The number of Topliss-reactive ketones (excluding diaryl/α,β-unsaturated/α-hetero) is 1. The van der Waals surface area contributed by atoms with Crippen molar-refractivity contribution in [2.45, 2.75) is 12.3 Å². The first-order valence-corrected chi connectivity index (χ1v) is 7.23. The van der Waals surface area contributed by atoms with Gasteiger partial charge < -0.3 is 9.47 Å². The molecule has 0 radical (unpaired) electrons. The third-order valence-electron chi connectivity index (χ3n) is 3.77. The van der Waals surface area contributed by atoms with E-state index in [0.717, 1.165) is 0 Å². The molecule has 3 rings (SSSR count). The van der Waals surface area contributed by atoms with Gasteiger partial charge in [-0.1, -0.05) is 36.4 Å². The summed E-state index contributed by atoms with van der Waals surface area (Å²) in [5.41, 5.74) is 1.26. The molecule has 6 nitrogen and oxygen atoms in total. The van der Waals surface area contributed by atoms with Crippen LogP contribution in [0.25, 0.3) is 0 Å². The summed E-state index contributed by atoms with van der Waals surface area (Å²) in [5, 5.41) is 11.0. The molecule has 0 unspecified atom stereocenters. The van der Waals surface area contributed by atoms with Crippen molar-refractivity contribution in [3.63, 3.8) is 0 Å². The topological polar surface area (TPSA) is 78.7 Å². The second-order valence-electron chi connectivity index (χ2n) is 5.32. The average molecular weight is 313 g/mol. The van der Waals surface area contributed by atoms with Crippen molar-refractivity contribution in [1.82, 2.24) is 0 Å². The lowest BCUT2D eigenvalue weighted by atomic mass is 9.91. The van der Waals surface area contributed by atoms with E-state index in [9.17, 15) is 14.9 Å². The van der Waals surface area contributed by atoms with Crippen LogP contribution in [0.2, 0.25) is 0 Å². The Morgan fingerprint density at radius 2 is 1.87 bits per heavy atom. The van der Waals surface area contributed by atoms with Crippen molar-refractivity contribution >= 4 is 5.78 Å². The third-order valence-corrected chi connectivity index (χ3v) is 3.77. The predicted octanol–water partition coefficient (Wildman–Crippen LogP) is 3.05. The number of hydrogen-bond donors (Lipinski definition) is 0. The highest BCUT2D eigenvalue weighted by Gasteiger charge is 2.24. The summed E-state index contributed by atoms with van der Waals surface area (Å²) >= 11 is 0. The normalized spacial score (nSPS) is 13.6. The van der Waals surface area contributed by atoms with Gasteiger partial charge in [0.2, 0.25) is 13.3 Å². The van der Waals surface area contributed by atoms with Crippen LogP contribution in [0, 0.1) is 10.1 Å². The molecule has 2 aromatic carbocycles. The third kappa shape index (κ3) is 3.48. The molecule has 0 amide bonds. The smallest absolute Gasteiger partial charge is 0.231 e. The summed E-state index contributed by atoms with van der Waals surface area (Å²) < 4.78 is 10.5. The fourth-order valence-electron chi connectivity index (χ4n) is 2.60. The number of benzene rings is 2. The van der Waals surface area contributed by atoms with Gasteiger partial charge in [0.15, 0.2) is 17.3 Å². The molecule has 0 aliphatic carbocycles. The van der Waals surface area contributed by atoms with Crippen LogP contribution in [0.5, 0.6) is 11.5 Å². The van der Waals surface area contributed by atoms with Gasteiger partial charge in [-0.2, -0.15) is 0 Å². The Morgan fingerprint density at radius 3 is 2.61 bits per heavy atom. The summed E-state index contributed by atoms with van der Waals surface area (Å²) in [6, 6.07) is 14.0. The van der Waals surface area contributed by atoms with E-state index in [1.807, 2.05) is 6.07 Å². The quantitative estimate of drug-likeness (QED) is 0.465. The largest absolute Gasteiger partial charge is 0.454 e. The van der Waals surface area contributed by atoms with Gasteiger partial charge in [0.1, 0.15) is 0 Å². The summed E-state index contributed by atoms with van der Waals surface area (Å²) in [7, 11) is 0. The molecule has 1 aliphatic heterocycles. The van der Waals surface area contributed by atoms with E-state index in [1.54, 1.807) is 42.5 Å². The molecule has 0 spiro atoms. The highest BCUT2D eigenvalue weighted by atomic mass is 16.7. The average Bonchev–Trinajstić information content (AvgIpc) is 3.02. The van der Waals surface area contributed by atoms with Crippen LogP contribution >= 0.6 is 0 Å². The minimum atomic E-state index is -0.507. The molecule has 0 N–H and O–H groups in total. The van der Waals surface area contributed by atoms with Gasteiger partial charge >= 0.3 is 0 Å². The standard InChI is InChI=1S/C17H15NO5/c19-15(12-4-2-1-3-5-12)8-14(10-18(20)21)13-6-7-16-17(9-13)23-11-22-16/h1-7,9,14H,8,10-11H2/t14-/m0/s1. The van der Waals surface area contributed by atoms with Crippen molar-refractivity contribution < 1.29 is 19.2 Å². The fraction of sp³-hybridized carbons (Fsp3) is 0.235. The molecule has 0 fully saturated rings. The molecule has 0 saturated carbocycles. The predicted molar refractivity (Wildman–Crippen MR) is 82.6 cm³/mol. The van der Waals surface area contributed by atoms with Crippen molar-refractivity contribution in [2.24, 2.45) is 0 Å². The monoisotopic (exact) mass is 313 g/mol. The number of carbonyl (C=O) groups excluding carboxylic acids is 1. The van der Waals surface area contributed by atoms with Crippen molar-refractivity contribution in [3.8, 4) is 11.5 Å². The lowest BCUT2D eigenvalue weighted by Crippen LogP contribution is -2.16. The maximum atomic E-state index is 12.4.